The molecule has 1 aromatic rings. The van der Waals surface area contributed by atoms with Crippen molar-refractivity contribution in [2.45, 2.75) is 26.7 Å². The molecule has 80 valence electrons. The molecule has 0 saturated carbocycles. The molecule has 0 bridgehead atoms. The third-order valence-electron chi connectivity index (χ3n) is 2.65. The highest BCUT2D eigenvalue weighted by molar-refractivity contribution is 9.10. The molecule has 1 atom stereocenters. The average Bonchev–Trinajstić information content (AvgIpc) is 2.22. The monoisotopic (exact) mass is 285 g/mol. The Hall–Kier alpha value is -0.520. The van der Waals surface area contributed by atoms with Gasteiger partial charge in [0.1, 0.15) is 0 Å². The van der Waals surface area contributed by atoms with Crippen LogP contribution in [0.2, 0.25) is 5.02 Å². The number of benzene rings is 1. The van der Waals surface area contributed by atoms with Crippen molar-refractivity contribution >= 4 is 27.5 Å². The fourth-order valence-corrected chi connectivity index (χ4v) is 2.07. The summed E-state index contributed by atoms with van der Waals surface area (Å²) < 4.78 is 0.964. The Balaban J connectivity index is 2.95. The van der Waals surface area contributed by atoms with Crippen LogP contribution in [0.3, 0.4) is 0 Å². The Bertz CT molecular complexity index is 397. The predicted molar refractivity (Wildman–Crippen MR) is 66.9 cm³/mol. The lowest BCUT2D eigenvalue weighted by atomic mass is 9.83. The van der Waals surface area contributed by atoms with Crippen LogP contribution in [-0.2, 0) is 6.42 Å². The van der Waals surface area contributed by atoms with Gasteiger partial charge in [-0.15, -0.1) is 0 Å². The Morgan fingerprint density at radius 3 is 2.67 bits per heavy atom. The first-order valence-electron chi connectivity index (χ1n) is 4.86. The molecule has 0 saturated heterocycles. The van der Waals surface area contributed by atoms with Crippen LogP contribution < -0.4 is 0 Å². The third-order valence-corrected chi connectivity index (χ3v) is 3.49. The summed E-state index contributed by atoms with van der Waals surface area (Å²) >= 11 is 9.47. The summed E-state index contributed by atoms with van der Waals surface area (Å²) in [4.78, 5) is 0. The number of rotatable bonds is 3. The highest BCUT2D eigenvalue weighted by Crippen LogP contribution is 2.30. The van der Waals surface area contributed by atoms with E-state index in [1.54, 1.807) is 0 Å². The van der Waals surface area contributed by atoms with Crippen molar-refractivity contribution in [3.8, 4) is 6.07 Å². The number of hydrogen-bond acceptors (Lipinski definition) is 1. The van der Waals surface area contributed by atoms with Gasteiger partial charge in [-0.25, -0.2) is 0 Å². The van der Waals surface area contributed by atoms with Gasteiger partial charge in [-0.05, 0) is 37.5 Å². The van der Waals surface area contributed by atoms with Gasteiger partial charge in [-0.1, -0.05) is 40.5 Å². The van der Waals surface area contributed by atoms with E-state index in [0.717, 1.165) is 21.5 Å². The maximum atomic E-state index is 9.09. The number of nitriles is 1. The van der Waals surface area contributed by atoms with Crippen molar-refractivity contribution in [1.29, 1.82) is 5.26 Å². The molecule has 0 N–H and O–H groups in total. The van der Waals surface area contributed by atoms with Crippen LogP contribution in [0.25, 0.3) is 0 Å². The number of nitrogens with zero attached hydrogens (tertiary/aromatic N) is 1. The van der Waals surface area contributed by atoms with Crippen molar-refractivity contribution < 1.29 is 0 Å². The van der Waals surface area contributed by atoms with Crippen molar-refractivity contribution in [3.63, 3.8) is 0 Å². The second-order valence-corrected chi connectivity index (χ2v) is 5.26. The minimum absolute atomic E-state index is 0.322. The Morgan fingerprint density at radius 2 is 2.20 bits per heavy atom. The lowest BCUT2D eigenvalue weighted by molar-refractivity contribution is 0.423. The van der Waals surface area contributed by atoms with Gasteiger partial charge >= 0.3 is 0 Å². The van der Waals surface area contributed by atoms with E-state index in [1.165, 1.54) is 0 Å². The zero-order chi connectivity index (χ0) is 11.5. The summed E-state index contributed by atoms with van der Waals surface area (Å²) in [5.41, 5.74) is 0.711. The Labute approximate surface area is 104 Å². The zero-order valence-corrected chi connectivity index (χ0v) is 11.2. The molecule has 3 heteroatoms. The molecule has 15 heavy (non-hydrogen) atoms. The predicted octanol–water partition coefficient (Wildman–Crippen LogP) is 4.58. The molecule has 0 spiro atoms. The largest absolute Gasteiger partial charge is 0.198 e. The van der Waals surface area contributed by atoms with E-state index in [-0.39, 0.29) is 5.41 Å². The van der Waals surface area contributed by atoms with Crippen molar-refractivity contribution in [2.24, 2.45) is 5.41 Å². The summed E-state index contributed by atoms with van der Waals surface area (Å²) in [6, 6.07) is 8.14. The molecule has 0 aliphatic heterocycles. The molecule has 1 unspecified atom stereocenters. The van der Waals surface area contributed by atoms with Gasteiger partial charge in [-0.2, -0.15) is 5.26 Å². The second-order valence-electron chi connectivity index (χ2n) is 3.94. The maximum absolute atomic E-state index is 9.09. The minimum Gasteiger partial charge on any atom is -0.198 e. The third kappa shape index (κ3) is 3.22. The molecule has 0 heterocycles. The van der Waals surface area contributed by atoms with Crippen molar-refractivity contribution in [1.82, 2.24) is 0 Å². The molecular weight excluding hydrogens is 273 g/mol. The molecule has 1 aromatic carbocycles. The molecule has 0 radical (unpaired) electrons. The smallest absolute Gasteiger partial charge is 0.0690 e. The van der Waals surface area contributed by atoms with Crippen LogP contribution in [-0.4, -0.2) is 0 Å². The Kier molecular flexibility index (Phi) is 4.19. The normalized spacial score (nSPS) is 14.3. The van der Waals surface area contributed by atoms with E-state index in [2.05, 4.69) is 22.0 Å². The van der Waals surface area contributed by atoms with E-state index in [0.29, 0.717) is 6.42 Å². The van der Waals surface area contributed by atoms with Gasteiger partial charge in [-0.3, -0.25) is 0 Å². The SMILES string of the molecule is CCC(C)(C#N)Cc1ccc(Br)cc1Cl. The lowest BCUT2D eigenvalue weighted by Crippen LogP contribution is -2.16. The summed E-state index contributed by atoms with van der Waals surface area (Å²) in [5.74, 6) is 0. The van der Waals surface area contributed by atoms with Crippen LogP contribution in [0.4, 0.5) is 0 Å². The maximum Gasteiger partial charge on any atom is 0.0690 e. The molecule has 0 aromatic heterocycles. The quantitative estimate of drug-likeness (QED) is 0.797. The van der Waals surface area contributed by atoms with Gasteiger partial charge in [0.2, 0.25) is 0 Å². The highest BCUT2D eigenvalue weighted by Gasteiger charge is 2.22. The van der Waals surface area contributed by atoms with Crippen LogP contribution in [0.15, 0.2) is 22.7 Å². The fraction of sp³-hybridized carbons (Fsp3) is 0.417. The van der Waals surface area contributed by atoms with E-state index >= 15 is 0 Å². The van der Waals surface area contributed by atoms with E-state index in [4.69, 9.17) is 16.9 Å². The van der Waals surface area contributed by atoms with Gasteiger partial charge in [0.05, 0.1) is 11.5 Å². The fourth-order valence-electron chi connectivity index (χ4n) is 1.33. The summed E-state index contributed by atoms with van der Waals surface area (Å²) in [6.45, 7) is 3.99. The molecule has 0 fully saturated rings. The first-order valence-corrected chi connectivity index (χ1v) is 6.03. The first-order chi connectivity index (χ1) is 7.00. The Morgan fingerprint density at radius 1 is 1.53 bits per heavy atom. The first kappa shape index (κ1) is 12.5. The molecular formula is C12H13BrClN. The summed E-state index contributed by atoms with van der Waals surface area (Å²) in [6.07, 6.45) is 1.53. The second kappa shape index (κ2) is 5.01. The molecule has 1 nitrogen and oxygen atoms in total. The van der Waals surface area contributed by atoms with Gasteiger partial charge in [0, 0.05) is 9.50 Å². The van der Waals surface area contributed by atoms with Crippen LogP contribution in [0.1, 0.15) is 25.8 Å². The summed E-state index contributed by atoms with van der Waals surface area (Å²) in [7, 11) is 0. The van der Waals surface area contributed by atoms with Crippen LogP contribution >= 0.6 is 27.5 Å². The van der Waals surface area contributed by atoms with E-state index in [9.17, 15) is 0 Å². The van der Waals surface area contributed by atoms with Crippen molar-refractivity contribution in [3.05, 3.63) is 33.3 Å². The zero-order valence-electron chi connectivity index (χ0n) is 8.85. The van der Waals surface area contributed by atoms with Crippen LogP contribution in [0.5, 0.6) is 0 Å². The summed E-state index contributed by atoms with van der Waals surface area (Å²) in [5, 5.41) is 9.81. The molecule has 0 aliphatic rings. The van der Waals surface area contributed by atoms with Crippen molar-refractivity contribution in [2.75, 3.05) is 0 Å². The van der Waals surface area contributed by atoms with Gasteiger partial charge in [0.25, 0.3) is 0 Å². The van der Waals surface area contributed by atoms with Crippen LogP contribution in [0, 0.1) is 16.7 Å². The van der Waals surface area contributed by atoms with E-state index < -0.39 is 0 Å². The number of hydrogen-bond donors (Lipinski definition) is 0. The van der Waals surface area contributed by atoms with Gasteiger partial charge in [0.15, 0.2) is 0 Å². The molecule has 0 amide bonds. The number of halogens is 2. The average molecular weight is 287 g/mol. The molecule has 1 rings (SSSR count). The van der Waals surface area contributed by atoms with E-state index in [1.807, 2.05) is 32.0 Å². The minimum atomic E-state index is -0.322. The topological polar surface area (TPSA) is 23.8 Å². The highest BCUT2D eigenvalue weighted by atomic mass is 79.9. The van der Waals surface area contributed by atoms with Gasteiger partial charge < -0.3 is 0 Å². The lowest BCUT2D eigenvalue weighted by Gasteiger charge is -2.19. The standard InChI is InChI=1S/C12H13BrClN/c1-3-12(2,8-15)7-9-4-5-10(13)6-11(9)14/h4-6H,3,7H2,1-2H3. The molecule has 0 aliphatic carbocycles.